The highest BCUT2D eigenvalue weighted by Crippen LogP contribution is 2.26. The Morgan fingerprint density at radius 3 is 2.53 bits per heavy atom. The molecule has 0 aromatic heterocycles. The van der Waals surface area contributed by atoms with Gasteiger partial charge in [0.1, 0.15) is 0 Å². The van der Waals surface area contributed by atoms with Crippen LogP contribution in [0.1, 0.15) is 30.1 Å². The number of carbonyl (C=O) groups is 1. The van der Waals surface area contributed by atoms with Gasteiger partial charge in [-0.1, -0.05) is 37.3 Å². The summed E-state index contributed by atoms with van der Waals surface area (Å²) in [5, 5.41) is 0. The van der Waals surface area contributed by atoms with Crippen LogP contribution in [-0.4, -0.2) is 42.5 Å². The second kappa shape index (κ2) is 5.43. The third-order valence-electron chi connectivity index (χ3n) is 4.16. The van der Waals surface area contributed by atoms with E-state index in [0.29, 0.717) is 12.2 Å². The van der Waals surface area contributed by atoms with Crippen LogP contribution >= 0.6 is 0 Å². The summed E-state index contributed by atoms with van der Waals surface area (Å²) in [5.41, 5.74) is 0.825. The highest BCUT2D eigenvalue weighted by atomic mass is 16.5. The van der Waals surface area contributed by atoms with Gasteiger partial charge in [-0.2, -0.15) is 0 Å². The number of hydrogen-bond acceptors (Lipinski definition) is 3. The summed E-state index contributed by atoms with van der Waals surface area (Å²) in [6, 6.07) is 9.61. The zero-order chi connectivity index (χ0) is 13.2. The summed E-state index contributed by atoms with van der Waals surface area (Å²) in [4.78, 5) is 14.7. The van der Waals surface area contributed by atoms with Gasteiger partial charge in [-0.3, -0.25) is 9.69 Å². The Hall–Kier alpha value is -1.19. The largest absolute Gasteiger partial charge is 0.372 e. The number of rotatable bonds is 4. The zero-order valence-corrected chi connectivity index (χ0v) is 11.4. The lowest BCUT2D eigenvalue weighted by molar-refractivity contribution is -0.0409. The molecule has 2 aliphatic heterocycles. The number of hydrogen-bond donors (Lipinski definition) is 0. The van der Waals surface area contributed by atoms with Gasteiger partial charge in [0.2, 0.25) is 0 Å². The van der Waals surface area contributed by atoms with Crippen LogP contribution in [0.5, 0.6) is 0 Å². The number of fused-ring (bicyclic) bond motifs is 2. The Morgan fingerprint density at radius 1 is 1.26 bits per heavy atom. The maximum atomic E-state index is 12.3. The molecule has 1 aromatic rings. The molecule has 3 unspecified atom stereocenters. The molecule has 3 atom stereocenters. The molecule has 0 spiro atoms. The minimum absolute atomic E-state index is 0.0555. The topological polar surface area (TPSA) is 29.5 Å². The van der Waals surface area contributed by atoms with Crippen LogP contribution in [0.25, 0.3) is 0 Å². The van der Waals surface area contributed by atoms with Crippen molar-refractivity contribution in [3.63, 3.8) is 0 Å². The molecule has 3 heteroatoms. The molecule has 0 aliphatic carbocycles. The second-order valence-electron chi connectivity index (χ2n) is 5.81. The van der Waals surface area contributed by atoms with Crippen molar-refractivity contribution in [1.82, 2.24) is 4.90 Å². The Balaban J connectivity index is 1.59. The van der Waals surface area contributed by atoms with Gasteiger partial charge in [-0.05, 0) is 12.8 Å². The van der Waals surface area contributed by atoms with Crippen LogP contribution < -0.4 is 0 Å². The molecule has 2 fully saturated rings. The van der Waals surface area contributed by atoms with Crippen LogP contribution in [0.15, 0.2) is 30.3 Å². The first-order valence-corrected chi connectivity index (χ1v) is 7.19. The van der Waals surface area contributed by atoms with E-state index >= 15 is 0 Å². The summed E-state index contributed by atoms with van der Waals surface area (Å²) in [7, 11) is 0. The molecule has 1 aromatic carbocycles. The Bertz CT molecular complexity index is 433. The minimum Gasteiger partial charge on any atom is -0.372 e. The number of benzene rings is 1. The van der Waals surface area contributed by atoms with Crippen molar-refractivity contribution in [2.75, 3.05) is 19.6 Å². The predicted octanol–water partition coefficient (Wildman–Crippen LogP) is 2.37. The van der Waals surface area contributed by atoms with Crippen LogP contribution in [0, 0.1) is 5.92 Å². The first-order valence-electron chi connectivity index (χ1n) is 7.19. The third-order valence-corrected chi connectivity index (χ3v) is 4.16. The molecule has 102 valence electrons. The van der Waals surface area contributed by atoms with Gasteiger partial charge >= 0.3 is 0 Å². The van der Waals surface area contributed by atoms with Crippen molar-refractivity contribution in [1.29, 1.82) is 0 Å². The summed E-state index contributed by atoms with van der Waals surface area (Å²) < 4.78 is 5.83. The lowest BCUT2D eigenvalue weighted by Gasteiger charge is -2.33. The average Bonchev–Trinajstić information content (AvgIpc) is 2.78. The number of ketones is 1. The molecule has 0 radical (unpaired) electrons. The Morgan fingerprint density at radius 2 is 1.89 bits per heavy atom. The van der Waals surface area contributed by atoms with Crippen molar-refractivity contribution in [3.8, 4) is 0 Å². The highest BCUT2D eigenvalue weighted by molar-refractivity contribution is 5.97. The van der Waals surface area contributed by atoms with Gasteiger partial charge < -0.3 is 4.74 Å². The lowest BCUT2D eigenvalue weighted by Crippen LogP contribution is -2.45. The monoisotopic (exact) mass is 259 g/mol. The molecule has 2 heterocycles. The van der Waals surface area contributed by atoms with Crippen LogP contribution in [-0.2, 0) is 4.74 Å². The maximum Gasteiger partial charge on any atom is 0.166 e. The molecule has 2 saturated heterocycles. The lowest BCUT2D eigenvalue weighted by atomic mass is 9.98. The number of morpholine rings is 1. The van der Waals surface area contributed by atoms with Crippen LogP contribution in [0.3, 0.4) is 0 Å². The van der Waals surface area contributed by atoms with Crippen molar-refractivity contribution in [3.05, 3.63) is 35.9 Å². The third kappa shape index (κ3) is 2.88. The van der Waals surface area contributed by atoms with Gasteiger partial charge in [-0.25, -0.2) is 0 Å². The highest BCUT2D eigenvalue weighted by Gasteiger charge is 2.34. The van der Waals surface area contributed by atoms with Crippen molar-refractivity contribution < 1.29 is 9.53 Å². The smallest absolute Gasteiger partial charge is 0.166 e. The minimum atomic E-state index is 0.0555. The van der Waals surface area contributed by atoms with Gasteiger partial charge in [0.05, 0.1) is 12.2 Å². The molecule has 0 saturated carbocycles. The number of ether oxygens (including phenoxy) is 1. The normalized spacial score (nSPS) is 28.3. The van der Waals surface area contributed by atoms with Gasteiger partial charge in [0.15, 0.2) is 5.78 Å². The van der Waals surface area contributed by atoms with Gasteiger partial charge in [0, 0.05) is 31.1 Å². The maximum absolute atomic E-state index is 12.3. The SMILES string of the molecule is CC(CN1CC2CCC(C1)O2)C(=O)c1ccccc1. The molecule has 2 bridgehead atoms. The van der Waals surface area contributed by atoms with Gasteiger partial charge in [0.25, 0.3) is 0 Å². The van der Waals surface area contributed by atoms with E-state index in [1.54, 1.807) is 0 Å². The second-order valence-corrected chi connectivity index (χ2v) is 5.81. The number of nitrogens with zero attached hydrogens (tertiary/aromatic N) is 1. The van der Waals surface area contributed by atoms with Crippen molar-refractivity contribution >= 4 is 5.78 Å². The predicted molar refractivity (Wildman–Crippen MR) is 74.3 cm³/mol. The first kappa shape index (κ1) is 12.8. The van der Waals surface area contributed by atoms with E-state index in [9.17, 15) is 4.79 Å². The fraction of sp³-hybridized carbons (Fsp3) is 0.562. The zero-order valence-electron chi connectivity index (χ0n) is 11.4. The van der Waals surface area contributed by atoms with E-state index in [-0.39, 0.29) is 11.7 Å². The molecular formula is C16H21NO2. The first-order chi connectivity index (χ1) is 9.22. The van der Waals surface area contributed by atoms with Crippen molar-refractivity contribution in [2.45, 2.75) is 32.0 Å². The van der Waals surface area contributed by atoms with Crippen LogP contribution in [0.2, 0.25) is 0 Å². The summed E-state index contributed by atoms with van der Waals surface area (Å²) in [6.45, 7) is 4.86. The molecule has 3 nitrogen and oxygen atoms in total. The van der Waals surface area contributed by atoms with E-state index in [2.05, 4.69) is 4.90 Å². The molecule has 2 aliphatic rings. The summed E-state index contributed by atoms with van der Waals surface area (Å²) in [5.74, 6) is 0.305. The quantitative estimate of drug-likeness (QED) is 0.777. The van der Waals surface area contributed by atoms with E-state index in [4.69, 9.17) is 4.74 Å². The molecule has 0 amide bonds. The molecule has 3 rings (SSSR count). The van der Waals surface area contributed by atoms with Gasteiger partial charge in [-0.15, -0.1) is 0 Å². The van der Waals surface area contributed by atoms with E-state index in [1.807, 2.05) is 37.3 Å². The van der Waals surface area contributed by atoms with Crippen LogP contribution in [0.4, 0.5) is 0 Å². The van der Waals surface area contributed by atoms with E-state index < -0.39 is 0 Å². The van der Waals surface area contributed by atoms with Crippen molar-refractivity contribution in [2.24, 2.45) is 5.92 Å². The Labute approximate surface area is 114 Å². The standard InChI is InChI=1S/C16H21NO2/c1-12(16(18)13-5-3-2-4-6-13)9-17-10-14-7-8-15(11-17)19-14/h2-6,12,14-15H,7-11H2,1H3. The number of Topliss-reactive ketones (excluding diaryl/α,β-unsaturated/α-hetero) is 1. The fourth-order valence-electron chi connectivity index (χ4n) is 3.21. The van der Waals surface area contributed by atoms with E-state index in [0.717, 1.165) is 25.2 Å². The Kier molecular flexibility index (Phi) is 3.67. The molecule has 0 N–H and O–H groups in total. The number of carbonyl (C=O) groups excluding carboxylic acids is 1. The summed E-state index contributed by atoms with van der Waals surface area (Å²) >= 11 is 0. The molecule has 19 heavy (non-hydrogen) atoms. The number of likely N-dealkylation sites (tertiary alicyclic amines) is 1. The fourth-order valence-corrected chi connectivity index (χ4v) is 3.21. The molecular weight excluding hydrogens is 238 g/mol. The average molecular weight is 259 g/mol. The van der Waals surface area contributed by atoms with E-state index in [1.165, 1.54) is 12.8 Å². The summed E-state index contributed by atoms with van der Waals surface area (Å²) in [6.07, 6.45) is 3.17.